The lowest BCUT2D eigenvalue weighted by atomic mass is 10.1. The molecule has 3 aromatic rings. The molecule has 1 aliphatic rings. The first-order chi connectivity index (χ1) is 12.6. The smallest absolute Gasteiger partial charge is 0.253 e. The van der Waals surface area contributed by atoms with Crippen LogP contribution in [0.4, 0.5) is 0 Å². The highest BCUT2D eigenvalue weighted by Gasteiger charge is 2.17. The highest BCUT2D eigenvalue weighted by molar-refractivity contribution is 7.80. The number of hydrogen-bond acceptors (Lipinski definition) is 5. The second-order valence-electron chi connectivity index (χ2n) is 5.91. The SMILES string of the molecule is CNC(=S)N(Cc1ccco1)Cc1cc2cc3c(cc2[nH]c1=O)OCO3. The highest BCUT2D eigenvalue weighted by atomic mass is 32.1. The van der Waals surface area contributed by atoms with Gasteiger partial charge in [0.15, 0.2) is 16.6 Å². The number of ether oxygens (including phenoxy) is 2. The molecule has 1 aliphatic heterocycles. The molecule has 0 unspecified atom stereocenters. The van der Waals surface area contributed by atoms with Crippen molar-refractivity contribution >= 4 is 28.2 Å². The van der Waals surface area contributed by atoms with Crippen molar-refractivity contribution in [3.63, 3.8) is 0 Å². The third-order valence-electron chi connectivity index (χ3n) is 4.20. The van der Waals surface area contributed by atoms with Crippen LogP contribution in [0, 0.1) is 0 Å². The number of aromatic nitrogens is 1. The van der Waals surface area contributed by atoms with Gasteiger partial charge in [-0.3, -0.25) is 4.79 Å². The normalized spacial score (nSPS) is 12.3. The number of benzene rings is 1. The Kier molecular flexibility index (Phi) is 4.26. The summed E-state index contributed by atoms with van der Waals surface area (Å²) in [5.74, 6) is 2.08. The number of H-pyrrole nitrogens is 1. The Morgan fingerprint density at radius 2 is 2.08 bits per heavy atom. The lowest BCUT2D eigenvalue weighted by Crippen LogP contribution is -2.38. The fourth-order valence-corrected chi connectivity index (χ4v) is 3.04. The van der Waals surface area contributed by atoms with Gasteiger partial charge in [0.1, 0.15) is 5.76 Å². The fourth-order valence-electron chi connectivity index (χ4n) is 2.91. The molecule has 0 aliphatic carbocycles. The molecule has 0 amide bonds. The maximum atomic E-state index is 12.5. The molecule has 0 bridgehead atoms. The minimum absolute atomic E-state index is 0.167. The second kappa shape index (κ2) is 6.72. The lowest BCUT2D eigenvalue weighted by Gasteiger charge is -2.23. The van der Waals surface area contributed by atoms with E-state index in [0.29, 0.717) is 40.8 Å². The van der Waals surface area contributed by atoms with E-state index < -0.39 is 0 Å². The number of furan rings is 1. The number of rotatable bonds is 4. The average molecular weight is 371 g/mol. The summed E-state index contributed by atoms with van der Waals surface area (Å²) < 4.78 is 16.2. The molecule has 2 N–H and O–H groups in total. The Morgan fingerprint density at radius 1 is 1.27 bits per heavy atom. The first kappa shape index (κ1) is 16.5. The van der Waals surface area contributed by atoms with E-state index in [9.17, 15) is 4.79 Å². The molecule has 1 aromatic carbocycles. The van der Waals surface area contributed by atoms with Gasteiger partial charge in [-0.2, -0.15) is 0 Å². The summed E-state index contributed by atoms with van der Waals surface area (Å²) in [5.41, 5.74) is 1.14. The number of nitrogens with one attached hydrogen (secondary N) is 2. The van der Waals surface area contributed by atoms with E-state index in [2.05, 4.69) is 10.3 Å². The van der Waals surface area contributed by atoms with Crippen molar-refractivity contribution in [3.05, 3.63) is 58.3 Å². The van der Waals surface area contributed by atoms with Crippen LogP contribution in [0.2, 0.25) is 0 Å². The third-order valence-corrected chi connectivity index (χ3v) is 4.67. The number of hydrogen-bond donors (Lipinski definition) is 2. The maximum Gasteiger partial charge on any atom is 0.253 e. The van der Waals surface area contributed by atoms with E-state index in [1.807, 2.05) is 29.2 Å². The molecule has 3 heterocycles. The molecule has 0 saturated heterocycles. The van der Waals surface area contributed by atoms with Crippen LogP contribution in [0.15, 0.2) is 45.8 Å². The van der Waals surface area contributed by atoms with Crippen molar-refractivity contribution in [2.45, 2.75) is 13.1 Å². The molecular weight excluding hydrogens is 354 g/mol. The lowest BCUT2D eigenvalue weighted by molar-refractivity contribution is 0.174. The van der Waals surface area contributed by atoms with E-state index in [1.165, 1.54) is 0 Å². The fraction of sp³-hybridized carbons (Fsp3) is 0.222. The van der Waals surface area contributed by atoms with Gasteiger partial charge in [0.25, 0.3) is 5.56 Å². The second-order valence-corrected chi connectivity index (χ2v) is 6.29. The van der Waals surface area contributed by atoms with Crippen LogP contribution >= 0.6 is 12.2 Å². The summed E-state index contributed by atoms with van der Waals surface area (Å²) in [7, 11) is 1.75. The van der Waals surface area contributed by atoms with Crippen molar-refractivity contribution in [1.82, 2.24) is 15.2 Å². The highest BCUT2D eigenvalue weighted by Crippen LogP contribution is 2.35. The molecule has 134 valence electrons. The molecule has 26 heavy (non-hydrogen) atoms. The molecule has 7 nitrogen and oxygen atoms in total. The molecule has 0 spiro atoms. The van der Waals surface area contributed by atoms with Crippen LogP contribution in [0.25, 0.3) is 10.9 Å². The zero-order valence-corrected chi connectivity index (χ0v) is 14.9. The summed E-state index contributed by atoms with van der Waals surface area (Å²) in [6.07, 6.45) is 1.61. The average Bonchev–Trinajstić information content (AvgIpc) is 3.30. The quantitative estimate of drug-likeness (QED) is 0.682. The van der Waals surface area contributed by atoms with Crippen LogP contribution in [0.3, 0.4) is 0 Å². The number of aromatic amines is 1. The first-order valence-electron chi connectivity index (χ1n) is 8.08. The van der Waals surface area contributed by atoms with Crippen molar-refractivity contribution < 1.29 is 13.9 Å². The topological polar surface area (TPSA) is 79.7 Å². The Hall–Kier alpha value is -3.00. The van der Waals surface area contributed by atoms with Crippen molar-refractivity contribution in [2.24, 2.45) is 0 Å². The molecule has 2 aromatic heterocycles. The van der Waals surface area contributed by atoms with Gasteiger partial charge in [0.2, 0.25) is 6.79 Å². The molecule has 0 saturated carbocycles. The summed E-state index contributed by atoms with van der Waals surface area (Å²) in [6.45, 7) is 1.00. The van der Waals surface area contributed by atoms with Gasteiger partial charge in [-0.25, -0.2) is 0 Å². The first-order valence-corrected chi connectivity index (χ1v) is 8.49. The van der Waals surface area contributed by atoms with Crippen LogP contribution in [-0.2, 0) is 13.1 Å². The van der Waals surface area contributed by atoms with Crippen LogP contribution in [0.5, 0.6) is 11.5 Å². The number of pyridine rings is 1. The Bertz CT molecular complexity index is 1010. The van der Waals surface area contributed by atoms with Gasteiger partial charge >= 0.3 is 0 Å². The maximum absolute atomic E-state index is 12.5. The zero-order chi connectivity index (χ0) is 18.1. The van der Waals surface area contributed by atoms with E-state index in [1.54, 1.807) is 19.4 Å². The van der Waals surface area contributed by atoms with E-state index in [-0.39, 0.29) is 12.4 Å². The van der Waals surface area contributed by atoms with Gasteiger partial charge < -0.3 is 29.1 Å². The largest absolute Gasteiger partial charge is 0.467 e. The summed E-state index contributed by atoms with van der Waals surface area (Å²) in [5, 5.41) is 4.36. The van der Waals surface area contributed by atoms with Gasteiger partial charge in [-0.1, -0.05) is 0 Å². The molecule has 4 rings (SSSR count). The predicted molar refractivity (Wildman–Crippen MR) is 100 cm³/mol. The number of thiocarbonyl (C=S) groups is 1. The minimum Gasteiger partial charge on any atom is -0.467 e. The number of nitrogens with zero attached hydrogens (tertiary/aromatic N) is 1. The van der Waals surface area contributed by atoms with Gasteiger partial charge in [0.05, 0.1) is 24.9 Å². The van der Waals surface area contributed by atoms with E-state index >= 15 is 0 Å². The zero-order valence-electron chi connectivity index (χ0n) is 14.1. The predicted octanol–water partition coefficient (Wildman–Crippen LogP) is 2.36. The van der Waals surface area contributed by atoms with Gasteiger partial charge in [0, 0.05) is 24.1 Å². The molecular formula is C18H17N3O4S. The Labute approximate surface area is 154 Å². The van der Waals surface area contributed by atoms with Crippen LogP contribution in [0.1, 0.15) is 11.3 Å². The standard InChI is InChI=1S/C18H17N3O4S/c1-19-18(26)21(9-13-3-2-4-23-13)8-12-5-11-6-15-16(25-10-24-15)7-14(11)20-17(12)22/h2-7H,8-10H2,1H3,(H,19,26)(H,20,22). The van der Waals surface area contributed by atoms with Crippen molar-refractivity contribution in [2.75, 3.05) is 13.8 Å². The van der Waals surface area contributed by atoms with Crippen LogP contribution < -0.4 is 20.3 Å². The summed E-state index contributed by atoms with van der Waals surface area (Å²) >= 11 is 5.38. The Morgan fingerprint density at radius 3 is 2.81 bits per heavy atom. The van der Waals surface area contributed by atoms with Gasteiger partial charge in [-0.15, -0.1) is 0 Å². The third kappa shape index (κ3) is 3.11. The number of fused-ring (bicyclic) bond motifs is 2. The molecule has 0 atom stereocenters. The van der Waals surface area contributed by atoms with Crippen LogP contribution in [-0.4, -0.2) is 28.8 Å². The molecule has 8 heteroatoms. The van der Waals surface area contributed by atoms with Gasteiger partial charge in [-0.05, 0) is 36.5 Å². The van der Waals surface area contributed by atoms with E-state index in [0.717, 1.165) is 11.1 Å². The van der Waals surface area contributed by atoms with Crippen molar-refractivity contribution in [1.29, 1.82) is 0 Å². The Balaban J connectivity index is 1.67. The molecule has 0 radical (unpaired) electrons. The molecule has 0 fully saturated rings. The van der Waals surface area contributed by atoms with E-state index in [4.69, 9.17) is 26.1 Å². The van der Waals surface area contributed by atoms with Crippen molar-refractivity contribution in [3.8, 4) is 11.5 Å². The summed E-state index contributed by atoms with van der Waals surface area (Å²) in [6, 6.07) is 9.19. The minimum atomic E-state index is -0.167. The monoisotopic (exact) mass is 371 g/mol. The summed E-state index contributed by atoms with van der Waals surface area (Å²) in [4.78, 5) is 17.3.